The summed E-state index contributed by atoms with van der Waals surface area (Å²) in [5.41, 5.74) is 11.3. The maximum absolute atomic E-state index is 2.43. The van der Waals surface area contributed by atoms with Gasteiger partial charge >= 0.3 is 0 Å². The Morgan fingerprint density at radius 1 is 0.846 bits per heavy atom. The van der Waals surface area contributed by atoms with Crippen LogP contribution in [0, 0.1) is 34.6 Å². The number of hydrogen-bond donors (Lipinski definition) is 0. The molecule has 2 nitrogen and oxygen atoms in total. The Balaban J connectivity index is 0.00000243. The van der Waals surface area contributed by atoms with Crippen molar-refractivity contribution in [2.75, 3.05) is 0 Å². The van der Waals surface area contributed by atoms with E-state index in [1.807, 2.05) is 0 Å². The molecular formula is C23H31ClN2. The SMILES string of the molecule is CCCCn1c[n+](Cc2c(C)c(C)c(C)c(C)c2C)c2ccccc21.[Cl-]. The highest BCUT2D eigenvalue weighted by Crippen LogP contribution is 2.26. The maximum atomic E-state index is 2.43. The number of nitrogens with zero attached hydrogens (tertiary/aromatic N) is 2. The molecule has 140 valence electrons. The predicted octanol–water partition coefficient (Wildman–Crippen LogP) is 2.32. The highest BCUT2D eigenvalue weighted by Gasteiger charge is 2.19. The summed E-state index contributed by atoms with van der Waals surface area (Å²) in [6, 6.07) is 8.78. The van der Waals surface area contributed by atoms with Crippen LogP contribution in [0.3, 0.4) is 0 Å². The highest BCUT2D eigenvalue weighted by atomic mass is 35.5. The molecule has 0 aliphatic rings. The average molecular weight is 371 g/mol. The van der Waals surface area contributed by atoms with E-state index in [1.165, 1.54) is 57.3 Å². The molecule has 0 aliphatic heterocycles. The van der Waals surface area contributed by atoms with Crippen LogP contribution in [0.4, 0.5) is 0 Å². The van der Waals surface area contributed by atoms with E-state index in [2.05, 4.69) is 81.3 Å². The summed E-state index contributed by atoms with van der Waals surface area (Å²) in [4.78, 5) is 0. The number of unbranched alkanes of at least 4 members (excludes halogenated alkanes) is 1. The van der Waals surface area contributed by atoms with Crippen molar-refractivity contribution >= 4 is 11.0 Å². The third-order valence-corrected chi connectivity index (χ3v) is 6.02. The molecule has 3 heteroatoms. The molecule has 1 heterocycles. The van der Waals surface area contributed by atoms with Gasteiger partial charge in [-0.25, -0.2) is 9.13 Å². The van der Waals surface area contributed by atoms with E-state index in [0.29, 0.717) is 0 Å². The zero-order valence-corrected chi connectivity index (χ0v) is 17.7. The molecule has 3 rings (SSSR count). The van der Waals surface area contributed by atoms with Gasteiger partial charge in [-0.1, -0.05) is 25.5 Å². The van der Waals surface area contributed by atoms with Gasteiger partial charge < -0.3 is 12.4 Å². The van der Waals surface area contributed by atoms with Crippen LogP contribution in [0.15, 0.2) is 30.6 Å². The predicted molar refractivity (Wildman–Crippen MR) is 106 cm³/mol. The smallest absolute Gasteiger partial charge is 0.245 e. The molecule has 0 fully saturated rings. The molecule has 0 unspecified atom stereocenters. The summed E-state index contributed by atoms with van der Waals surface area (Å²) in [6.07, 6.45) is 4.75. The van der Waals surface area contributed by atoms with Gasteiger partial charge in [0.1, 0.15) is 6.54 Å². The van der Waals surface area contributed by atoms with Crippen molar-refractivity contribution in [3.63, 3.8) is 0 Å². The minimum Gasteiger partial charge on any atom is -1.00 e. The second-order valence-corrected chi connectivity index (χ2v) is 7.38. The standard InChI is InChI=1S/C23H31N2.ClH/c1-7-8-13-24-15-25(23-12-10-9-11-22(23)24)14-21-19(5)17(3)16(2)18(4)20(21)6;/h9-12,15H,7-8,13-14H2,1-6H3;1H/q+1;/p-1. The summed E-state index contributed by atoms with van der Waals surface area (Å²) in [6.45, 7) is 15.6. The minimum absolute atomic E-state index is 0. The monoisotopic (exact) mass is 370 g/mol. The normalized spacial score (nSPS) is 11.0. The van der Waals surface area contributed by atoms with E-state index in [4.69, 9.17) is 0 Å². The fourth-order valence-corrected chi connectivity index (χ4v) is 3.86. The topological polar surface area (TPSA) is 8.81 Å². The first-order valence-electron chi connectivity index (χ1n) is 9.48. The number of hydrogen-bond acceptors (Lipinski definition) is 0. The molecule has 3 aromatic rings. The molecule has 2 aromatic carbocycles. The van der Waals surface area contributed by atoms with Crippen LogP contribution < -0.4 is 17.0 Å². The molecule has 0 bridgehead atoms. The van der Waals surface area contributed by atoms with Crippen LogP contribution in [0.5, 0.6) is 0 Å². The van der Waals surface area contributed by atoms with Crippen LogP contribution in [-0.4, -0.2) is 4.57 Å². The lowest BCUT2D eigenvalue weighted by atomic mass is 9.89. The van der Waals surface area contributed by atoms with Crippen molar-refractivity contribution in [3.8, 4) is 0 Å². The molecule has 0 aliphatic carbocycles. The maximum Gasteiger partial charge on any atom is 0.245 e. The van der Waals surface area contributed by atoms with Crippen molar-refractivity contribution in [2.45, 2.75) is 67.5 Å². The third kappa shape index (κ3) is 3.53. The number of halogens is 1. The molecule has 26 heavy (non-hydrogen) atoms. The van der Waals surface area contributed by atoms with Crippen LogP contribution >= 0.6 is 0 Å². The van der Waals surface area contributed by atoms with Gasteiger partial charge in [0.15, 0.2) is 11.0 Å². The van der Waals surface area contributed by atoms with Crippen LogP contribution in [0.2, 0.25) is 0 Å². The number of aryl methyl sites for hydroxylation is 1. The zero-order valence-electron chi connectivity index (χ0n) is 17.0. The first kappa shape index (κ1) is 20.5. The molecular weight excluding hydrogens is 340 g/mol. The first-order chi connectivity index (χ1) is 12.0. The number of para-hydroxylation sites is 2. The summed E-state index contributed by atoms with van der Waals surface area (Å²) < 4.78 is 4.84. The molecule has 0 radical (unpaired) electrons. The number of benzene rings is 2. The minimum atomic E-state index is 0. The summed E-state index contributed by atoms with van der Waals surface area (Å²) in [5.74, 6) is 0. The Morgan fingerprint density at radius 3 is 2.04 bits per heavy atom. The molecule has 0 N–H and O–H groups in total. The highest BCUT2D eigenvalue weighted by molar-refractivity contribution is 5.71. The van der Waals surface area contributed by atoms with Gasteiger partial charge in [-0.05, 0) is 86.6 Å². The van der Waals surface area contributed by atoms with E-state index in [-0.39, 0.29) is 12.4 Å². The summed E-state index contributed by atoms with van der Waals surface area (Å²) in [5, 5.41) is 0. The summed E-state index contributed by atoms with van der Waals surface area (Å²) in [7, 11) is 0. The number of rotatable bonds is 5. The lowest BCUT2D eigenvalue weighted by Crippen LogP contribution is -3.00. The quantitative estimate of drug-likeness (QED) is 0.609. The van der Waals surface area contributed by atoms with E-state index < -0.39 is 0 Å². The van der Waals surface area contributed by atoms with Crippen molar-refractivity contribution in [3.05, 3.63) is 64.0 Å². The second kappa shape index (κ2) is 8.26. The Hall–Kier alpha value is -1.80. The molecule has 0 saturated heterocycles. The zero-order chi connectivity index (χ0) is 18.1. The fraction of sp³-hybridized carbons (Fsp3) is 0.435. The Bertz CT molecular complexity index is 893. The number of fused-ring (bicyclic) bond motifs is 1. The lowest BCUT2D eigenvalue weighted by molar-refractivity contribution is -0.663. The lowest BCUT2D eigenvalue weighted by Gasteiger charge is -2.17. The first-order valence-corrected chi connectivity index (χ1v) is 9.48. The van der Waals surface area contributed by atoms with Gasteiger partial charge in [0.05, 0.1) is 6.54 Å². The number of imidazole rings is 1. The van der Waals surface area contributed by atoms with Gasteiger partial charge in [-0.2, -0.15) is 0 Å². The van der Waals surface area contributed by atoms with Gasteiger partial charge in [-0.15, -0.1) is 0 Å². The summed E-state index contributed by atoms with van der Waals surface area (Å²) >= 11 is 0. The second-order valence-electron chi connectivity index (χ2n) is 7.38. The van der Waals surface area contributed by atoms with E-state index in [0.717, 1.165) is 13.1 Å². The van der Waals surface area contributed by atoms with Gasteiger partial charge in [-0.3, -0.25) is 0 Å². The fourth-order valence-electron chi connectivity index (χ4n) is 3.86. The van der Waals surface area contributed by atoms with Gasteiger partial charge in [0, 0.05) is 0 Å². The Kier molecular flexibility index (Phi) is 6.52. The van der Waals surface area contributed by atoms with Crippen molar-refractivity contribution in [1.82, 2.24) is 4.57 Å². The van der Waals surface area contributed by atoms with Crippen LogP contribution in [0.1, 0.15) is 53.1 Å². The van der Waals surface area contributed by atoms with E-state index in [9.17, 15) is 0 Å². The average Bonchev–Trinajstić information content (AvgIpc) is 2.98. The van der Waals surface area contributed by atoms with Crippen molar-refractivity contribution in [2.24, 2.45) is 0 Å². The van der Waals surface area contributed by atoms with Crippen LogP contribution in [0.25, 0.3) is 11.0 Å². The molecule has 0 atom stereocenters. The van der Waals surface area contributed by atoms with E-state index >= 15 is 0 Å². The van der Waals surface area contributed by atoms with Crippen molar-refractivity contribution < 1.29 is 17.0 Å². The van der Waals surface area contributed by atoms with Gasteiger partial charge in [0.2, 0.25) is 6.33 Å². The molecule has 1 aromatic heterocycles. The number of aromatic nitrogens is 2. The van der Waals surface area contributed by atoms with Crippen LogP contribution in [-0.2, 0) is 13.1 Å². The van der Waals surface area contributed by atoms with E-state index in [1.54, 1.807) is 0 Å². The Labute approximate surface area is 164 Å². The Morgan fingerprint density at radius 2 is 1.42 bits per heavy atom. The largest absolute Gasteiger partial charge is 1.00 e. The molecule has 0 saturated carbocycles. The third-order valence-electron chi connectivity index (χ3n) is 6.02. The van der Waals surface area contributed by atoms with Crippen molar-refractivity contribution in [1.29, 1.82) is 0 Å². The molecule has 0 spiro atoms. The molecule has 0 amide bonds. The van der Waals surface area contributed by atoms with Gasteiger partial charge in [0.25, 0.3) is 0 Å².